The number of halogens is 1. The third kappa shape index (κ3) is 6.49. The van der Waals surface area contributed by atoms with E-state index in [2.05, 4.69) is 10.6 Å². The van der Waals surface area contributed by atoms with Crippen LogP contribution in [0.4, 0.5) is 5.69 Å². The summed E-state index contributed by atoms with van der Waals surface area (Å²) in [5, 5.41) is 16.2. The average Bonchev–Trinajstić information content (AvgIpc) is 2.63. The summed E-state index contributed by atoms with van der Waals surface area (Å²) in [5.41, 5.74) is -0.385. The van der Waals surface area contributed by atoms with Gasteiger partial charge in [0.1, 0.15) is 11.1 Å². The lowest BCUT2D eigenvalue weighted by molar-refractivity contribution is -0.384. The molecule has 0 radical (unpaired) electrons. The van der Waals surface area contributed by atoms with Crippen LogP contribution in [0.15, 0.2) is 18.2 Å². The lowest BCUT2D eigenvalue weighted by atomic mass is 10.0. The van der Waals surface area contributed by atoms with Gasteiger partial charge >= 0.3 is 0 Å². The van der Waals surface area contributed by atoms with Crippen molar-refractivity contribution >= 4 is 35.0 Å². The molecule has 0 fully saturated rings. The van der Waals surface area contributed by atoms with Crippen LogP contribution >= 0.6 is 11.6 Å². The lowest BCUT2D eigenvalue weighted by Gasteiger charge is -2.26. The molecule has 0 heterocycles. The third-order valence-electron chi connectivity index (χ3n) is 3.95. The molecule has 1 rings (SSSR count). The Labute approximate surface area is 168 Å². The Bertz CT molecular complexity index is 753. The number of amides is 3. The van der Waals surface area contributed by atoms with Crippen LogP contribution in [-0.4, -0.2) is 53.7 Å². The normalized spacial score (nSPS) is 11.6. The molecular formula is C18H25ClN4O5. The highest BCUT2D eigenvalue weighted by Crippen LogP contribution is 2.25. The van der Waals surface area contributed by atoms with Gasteiger partial charge in [0, 0.05) is 25.2 Å². The fraction of sp³-hybridized carbons (Fsp3) is 0.500. The van der Waals surface area contributed by atoms with Gasteiger partial charge in [0.2, 0.25) is 11.8 Å². The molecule has 0 spiro atoms. The van der Waals surface area contributed by atoms with Gasteiger partial charge in [0.15, 0.2) is 0 Å². The molecule has 154 valence electrons. The Hall–Kier alpha value is -2.68. The van der Waals surface area contributed by atoms with Crippen molar-refractivity contribution in [2.24, 2.45) is 5.92 Å². The lowest BCUT2D eigenvalue weighted by Crippen LogP contribution is -2.52. The first-order chi connectivity index (χ1) is 13.1. The summed E-state index contributed by atoms with van der Waals surface area (Å²) in [6, 6.07) is 2.76. The maximum atomic E-state index is 12.7. The van der Waals surface area contributed by atoms with Crippen molar-refractivity contribution in [1.29, 1.82) is 0 Å². The Kier molecular flexibility index (Phi) is 8.84. The standard InChI is InChI=1S/C18H25ClN4O5/c1-5-8-20-15(24)10-22(4)18(26)16(11(2)3)21-17(25)12-6-7-13(19)14(9-12)23(27)28/h6-7,9,11,16H,5,8,10H2,1-4H3,(H,20,24)(H,21,25)/t16-/m0/s1. The first-order valence-electron chi connectivity index (χ1n) is 8.84. The fourth-order valence-electron chi connectivity index (χ4n) is 2.38. The van der Waals surface area contributed by atoms with Crippen molar-refractivity contribution in [3.63, 3.8) is 0 Å². The number of carbonyl (C=O) groups is 3. The van der Waals surface area contributed by atoms with Crippen LogP contribution in [0.5, 0.6) is 0 Å². The van der Waals surface area contributed by atoms with Gasteiger partial charge < -0.3 is 15.5 Å². The molecule has 9 nitrogen and oxygen atoms in total. The number of likely N-dealkylation sites (N-methyl/N-ethyl adjacent to an activating group) is 1. The van der Waals surface area contributed by atoms with Crippen molar-refractivity contribution < 1.29 is 19.3 Å². The molecule has 0 aliphatic rings. The van der Waals surface area contributed by atoms with Gasteiger partial charge in [-0.15, -0.1) is 0 Å². The summed E-state index contributed by atoms with van der Waals surface area (Å²) >= 11 is 5.76. The Balaban J connectivity index is 2.90. The van der Waals surface area contributed by atoms with Crippen LogP contribution in [0.3, 0.4) is 0 Å². The van der Waals surface area contributed by atoms with Crippen molar-refractivity contribution in [1.82, 2.24) is 15.5 Å². The molecule has 2 N–H and O–H groups in total. The van der Waals surface area contributed by atoms with Gasteiger partial charge in [0.05, 0.1) is 11.5 Å². The highest BCUT2D eigenvalue weighted by molar-refractivity contribution is 6.32. The molecule has 0 aliphatic carbocycles. The molecule has 0 bridgehead atoms. The van der Waals surface area contributed by atoms with Gasteiger partial charge in [-0.05, 0) is 24.5 Å². The van der Waals surface area contributed by atoms with E-state index in [0.717, 1.165) is 12.5 Å². The van der Waals surface area contributed by atoms with Gasteiger partial charge in [-0.2, -0.15) is 0 Å². The minimum atomic E-state index is -0.897. The summed E-state index contributed by atoms with van der Waals surface area (Å²) in [5.74, 6) is -1.63. The Morgan fingerprint density at radius 2 is 1.93 bits per heavy atom. The summed E-state index contributed by atoms with van der Waals surface area (Å²) in [7, 11) is 1.47. The van der Waals surface area contributed by atoms with Crippen molar-refractivity contribution in [3.05, 3.63) is 38.9 Å². The number of rotatable bonds is 9. The number of hydrogen-bond acceptors (Lipinski definition) is 5. The summed E-state index contributed by atoms with van der Waals surface area (Å²) < 4.78 is 0. The molecule has 10 heteroatoms. The molecule has 0 unspecified atom stereocenters. The number of nitrogens with one attached hydrogen (secondary N) is 2. The number of nitro groups is 1. The van der Waals surface area contributed by atoms with Crippen molar-refractivity contribution in [2.75, 3.05) is 20.1 Å². The zero-order valence-corrected chi connectivity index (χ0v) is 17.1. The molecule has 3 amide bonds. The summed E-state index contributed by atoms with van der Waals surface area (Å²) in [4.78, 5) is 48.6. The first-order valence-corrected chi connectivity index (χ1v) is 9.22. The summed E-state index contributed by atoms with van der Waals surface area (Å²) in [6.45, 7) is 5.79. The topological polar surface area (TPSA) is 122 Å². The largest absolute Gasteiger partial charge is 0.355 e. The number of hydrogen-bond donors (Lipinski definition) is 2. The van der Waals surface area contributed by atoms with Gasteiger partial charge in [-0.25, -0.2) is 0 Å². The van der Waals surface area contributed by atoms with E-state index in [1.54, 1.807) is 13.8 Å². The molecule has 0 saturated heterocycles. The van der Waals surface area contributed by atoms with Crippen LogP contribution in [0.1, 0.15) is 37.6 Å². The minimum absolute atomic E-state index is 0.0119. The minimum Gasteiger partial charge on any atom is -0.355 e. The highest BCUT2D eigenvalue weighted by Gasteiger charge is 2.29. The predicted molar refractivity (Wildman–Crippen MR) is 105 cm³/mol. The van der Waals surface area contributed by atoms with Crippen molar-refractivity contribution in [3.8, 4) is 0 Å². The molecule has 28 heavy (non-hydrogen) atoms. The van der Waals surface area contributed by atoms with Crippen LogP contribution < -0.4 is 10.6 Å². The quantitative estimate of drug-likeness (QED) is 0.474. The van der Waals surface area contributed by atoms with E-state index >= 15 is 0 Å². The summed E-state index contributed by atoms with van der Waals surface area (Å²) in [6.07, 6.45) is 0.779. The second kappa shape index (κ2) is 10.6. The molecule has 0 saturated carbocycles. The van der Waals surface area contributed by atoms with E-state index < -0.39 is 28.5 Å². The van der Waals surface area contributed by atoms with Gasteiger partial charge in [-0.1, -0.05) is 32.4 Å². The SMILES string of the molecule is CCCNC(=O)CN(C)C(=O)[C@@H](NC(=O)c1ccc(Cl)c([N+](=O)[O-])c1)C(C)C. The maximum absolute atomic E-state index is 12.7. The van der Waals surface area contributed by atoms with Gasteiger partial charge in [-0.3, -0.25) is 24.5 Å². The smallest absolute Gasteiger partial charge is 0.288 e. The van der Waals surface area contributed by atoms with Crippen molar-refractivity contribution in [2.45, 2.75) is 33.2 Å². The first kappa shape index (κ1) is 23.4. The number of nitro benzene ring substituents is 1. The Morgan fingerprint density at radius 1 is 1.29 bits per heavy atom. The average molecular weight is 413 g/mol. The second-order valence-corrected chi connectivity index (χ2v) is 7.07. The molecule has 0 aromatic heterocycles. The molecule has 1 aromatic rings. The molecule has 1 aromatic carbocycles. The Morgan fingerprint density at radius 3 is 2.46 bits per heavy atom. The zero-order chi connectivity index (χ0) is 21.4. The fourth-order valence-corrected chi connectivity index (χ4v) is 2.57. The van der Waals surface area contributed by atoms with Gasteiger partial charge in [0.25, 0.3) is 11.6 Å². The molecular weight excluding hydrogens is 388 g/mol. The number of nitrogens with zero attached hydrogens (tertiary/aromatic N) is 2. The van der Waals surface area contributed by atoms with E-state index in [9.17, 15) is 24.5 Å². The monoisotopic (exact) mass is 412 g/mol. The highest BCUT2D eigenvalue weighted by atomic mass is 35.5. The van der Waals surface area contributed by atoms with Crippen LogP contribution in [0.2, 0.25) is 5.02 Å². The predicted octanol–water partition coefficient (Wildman–Crippen LogP) is 1.99. The molecule has 0 aliphatic heterocycles. The van der Waals surface area contributed by atoms with E-state index in [1.807, 2.05) is 6.92 Å². The maximum Gasteiger partial charge on any atom is 0.288 e. The zero-order valence-electron chi connectivity index (χ0n) is 16.3. The van der Waals surface area contributed by atoms with Crippen LogP contribution in [0, 0.1) is 16.0 Å². The van der Waals surface area contributed by atoms with E-state index in [0.29, 0.717) is 6.54 Å². The second-order valence-electron chi connectivity index (χ2n) is 6.66. The number of benzene rings is 1. The number of carbonyl (C=O) groups excluding carboxylic acids is 3. The van der Waals surface area contributed by atoms with E-state index in [1.165, 1.54) is 24.1 Å². The molecule has 1 atom stereocenters. The van der Waals surface area contributed by atoms with E-state index in [4.69, 9.17) is 11.6 Å². The third-order valence-corrected chi connectivity index (χ3v) is 4.27. The van der Waals surface area contributed by atoms with Crippen LogP contribution in [-0.2, 0) is 9.59 Å². The van der Waals surface area contributed by atoms with Crippen LogP contribution in [0.25, 0.3) is 0 Å². The van der Waals surface area contributed by atoms with E-state index in [-0.39, 0.29) is 29.0 Å².